The van der Waals surface area contributed by atoms with Crippen LogP contribution in [0.15, 0.2) is 5.38 Å². The molecule has 0 radical (unpaired) electrons. The molecule has 0 saturated carbocycles. The van der Waals surface area contributed by atoms with Crippen molar-refractivity contribution in [1.29, 1.82) is 0 Å². The van der Waals surface area contributed by atoms with E-state index in [2.05, 4.69) is 0 Å². The number of anilines is 1. The van der Waals surface area contributed by atoms with Gasteiger partial charge < -0.3 is 5.11 Å². The molecule has 0 fully saturated rings. The van der Waals surface area contributed by atoms with Crippen LogP contribution >= 0.6 is 22.9 Å². The molecular formula is C5H3ClFNO2S. The van der Waals surface area contributed by atoms with Crippen LogP contribution in [0.25, 0.3) is 0 Å². The second-order valence-electron chi connectivity index (χ2n) is 1.66. The molecule has 0 saturated heterocycles. The first-order chi connectivity index (χ1) is 5.11. The Bertz CT molecular complexity index is 269. The molecular weight excluding hydrogens is 193 g/mol. The van der Waals surface area contributed by atoms with E-state index in [4.69, 9.17) is 16.7 Å². The number of carbonyl (C=O) groups is 1. The number of rotatable bonds is 1. The third kappa shape index (κ3) is 1.81. The van der Waals surface area contributed by atoms with Crippen LogP contribution in [0.4, 0.5) is 14.9 Å². The third-order valence-electron chi connectivity index (χ3n) is 0.933. The molecule has 6 heteroatoms. The van der Waals surface area contributed by atoms with Crippen LogP contribution in [0.2, 0.25) is 5.02 Å². The van der Waals surface area contributed by atoms with Gasteiger partial charge in [0.15, 0.2) is 0 Å². The van der Waals surface area contributed by atoms with Crippen LogP contribution in [0.5, 0.6) is 0 Å². The first-order valence-corrected chi connectivity index (χ1v) is 3.79. The van der Waals surface area contributed by atoms with E-state index in [1.165, 1.54) is 5.38 Å². The van der Waals surface area contributed by atoms with Gasteiger partial charge in [0.25, 0.3) is 0 Å². The summed E-state index contributed by atoms with van der Waals surface area (Å²) in [5, 5.41) is 10.8. The zero-order valence-corrected chi connectivity index (χ0v) is 6.67. The Hall–Kier alpha value is -0.810. The molecule has 1 aromatic rings. The lowest BCUT2D eigenvalue weighted by Crippen LogP contribution is -2.07. The number of hydrogen-bond donors (Lipinski definition) is 2. The Labute approximate surface area is 70.4 Å². The minimum Gasteiger partial charge on any atom is -0.465 e. The van der Waals surface area contributed by atoms with Crippen molar-refractivity contribution in [3.8, 4) is 0 Å². The molecule has 0 aliphatic rings. The van der Waals surface area contributed by atoms with Gasteiger partial charge in [-0.05, 0) is 0 Å². The number of carboxylic acid groups (broad SMARTS) is 1. The molecule has 0 spiro atoms. The maximum absolute atomic E-state index is 12.6. The minimum absolute atomic E-state index is 0.0786. The average molecular weight is 196 g/mol. The van der Waals surface area contributed by atoms with Gasteiger partial charge in [-0.1, -0.05) is 11.6 Å². The highest BCUT2D eigenvalue weighted by Gasteiger charge is 2.11. The van der Waals surface area contributed by atoms with Gasteiger partial charge in [-0.3, -0.25) is 5.32 Å². The lowest BCUT2D eigenvalue weighted by atomic mass is 10.5. The van der Waals surface area contributed by atoms with E-state index in [0.29, 0.717) is 0 Å². The summed E-state index contributed by atoms with van der Waals surface area (Å²) in [5.74, 6) is 0. The molecule has 0 aliphatic carbocycles. The summed E-state index contributed by atoms with van der Waals surface area (Å²) in [6.07, 6.45) is -1.33. The standard InChI is InChI=1S/C5H3ClFNO2S/c6-2-1-11-4(7)3(2)8-5(9)10/h1,8H,(H,9,10). The Morgan fingerprint density at radius 2 is 2.45 bits per heavy atom. The van der Waals surface area contributed by atoms with Gasteiger partial charge in [-0.15, -0.1) is 11.3 Å². The number of thiophene rings is 1. The van der Waals surface area contributed by atoms with Crippen LogP contribution in [-0.2, 0) is 0 Å². The SMILES string of the molecule is O=C(O)Nc1c(Cl)csc1F. The van der Waals surface area contributed by atoms with E-state index in [1.54, 1.807) is 0 Å². The van der Waals surface area contributed by atoms with Gasteiger partial charge in [-0.2, -0.15) is 4.39 Å². The highest BCUT2D eigenvalue weighted by atomic mass is 35.5. The van der Waals surface area contributed by atoms with Gasteiger partial charge in [0, 0.05) is 5.38 Å². The normalized spacial score (nSPS) is 9.64. The topological polar surface area (TPSA) is 49.3 Å². The molecule has 2 N–H and O–H groups in total. The van der Waals surface area contributed by atoms with Crippen LogP contribution in [0.1, 0.15) is 0 Å². The van der Waals surface area contributed by atoms with E-state index in [-0.39, 0.29) is 10.7 Å². The third-order valence-corrected chi connectivity index (χ3v) is 2.13. The maximum atomic E-state index is 12.6. The molecule has 0 atom stereocenters. The van der Waals surface area contributed by atoms with Crippen molar-refractivity contribution >= 4 is 34.7 Å². The van der Waals surface area contributed by atoms with E-state index in [0.717, 1.165) is 11.3 Å². The molecule has 1 heterocycles. The van der Waals surface area contributed by atoms with Crippen molar-refractivity contribution in [3.63, 3.8) is 0 Å². The quantitative estimate of drug-likeness (QED) is 0.724. The van der Waals surface area contributed by atoms with E-state index >= 15 is 0 Å². The highest BCUT2D eigenvalue weighted by molar-refractivity contribution is 7.09. The summed E-state index contributed by atoms with van der Waals surface area (Å²) >= 11 is 6.18. The van der Waals surface area contributed by atoms with Crippen molar-refractivity contribution in [2.45, 2.75) is 0 Å². The van der Waals surface area contributed by atoms with Gasteiger partial charge >= 0.3 is 6.09 Å². The highest BCUT2D eigenvalue weighted by Crippen LogP contribution is 2.30. The lowest BCUT2D eigenvalue weighted by Gasteiger charge is -1.96. The molecule has 0 aromatic carbocycles. The van der Waals surface area contributed by atoms with Gasteiger partial charge in [-0.25, -0.2) is 4.79 Å². The first-order valence-electron chi connectivity index (χ1n) is 2.53. The van der Waals surface area contributed by atoms with Gasteiger partial charge in [0.05, 0.1) is 5.02 Å². The summed E-state index contributed by atoms with van der Waals surface area (Å²) in [6.45, 7) is 0. The molecule has 0 aliphatic heterocycles. The summed E-state index contributed by atoms with van der Waals surface area (Å²) < 4.78 is 12.6. The van der Waals surface area contributed by atoms with Gasteiger partial charge in [0.1, 0.15) is 5.69 Å². The molecule has 1 amide bonds. The second-order valence-corrected chi connectivity index (χ2v) is 2.90. The Kier molecular flexibility index (Phi) is 2.31. The molecule has 60 valence electrons. The molecule has 1 rings (SSSR count). The maximum Gasteiger partial charge on any atom is 0.409 e. The summed E-state index contributed by atoms with van der Waals surface area (Å²) in [4.78, 5) is 10.0. The zero-order chi connectivity index (χ0) is 8.43. The number of halogens is 2. The van der Waals surface area contributed by atoms with Gasteiger partial charge in [0.2, 0.25) is 5.13 Å². The summed E-state index contributed by atoms with van der Waals surface area (Å²) in [6, 6.07) is 0. The smallest absolute Gasteiger partial charge is 0.409 e. The number of hydrogen-bond acceptors (Lipinski definition) is 2. The fourth-order valence-corrected chi connectivity index (χ4v) is 1.45. The summed E-state index contributed by atoms with van der Waals surface area (Å²) in [7, 11) is 0. The fourth-order valence-electron chi connectivity index (χ4n) is 0.531. The number of amides is 1. The second kappa shape index (κ2) is 3.06. The largest absolute Gasteiger partial charge is 0.465 e. The average Bonchev–Trinajstić information content (AvgIpc) is 2.18. The summed E-state index contributed by atoms with van der Waals surface area (Å²) in [5.41, 5.74) is -0.177. The zero-order valence-electron chi connectivity index (χ0n) is 5.10. The molecule has 0 unspecified atom stereocenters. The van der Waals surface area contributed by atoms with Crippen molar-refractivity contribution in [3.05, 3.63) is 15.5 Å². The number of nitrogens with one attached hydrogen (secondary N) is 1. The Morgan fingerprint density at radius 1 is 1.82 bits per heavy atom. The van der Waals surface area contributed by atoms with Crippen LogP contribution in [0.3, 0.4) is 0 Å². The first kappa shape index (κ1) is 8.29. The Morgan fingerprint density at radius 3 is 2.82 bits per heavy atom. The minimum atomic E-state index is -1.33. The molecule has 3 nitrogen and oxygen atoms in total. The van der Waals surface area contributed by atoms with E-state index in [1.807, 2.05) is 5.32 Å². The van der Waals surface area contributed by atoms with Crippen molar-refractivity contribution in [2.24, 2.45) is 0 Å². The fraction of sp³-hybridized carbons (Fsp3) is 0. The van der Waals surface area contributed by atoms with Crippen LogP contribution in [0, 0.1) is 5.13 Å². The molecule has 1 aromatic heterocycles. The predicted molar refractivity (Wildman–Crippen MR) is 40.9 cm³/mol. The Balaban J connectivity index is 2.92. The van der Waals surface area contributed by atoms with E-state index < -0.39 is 11.2 Å². The molecule has 0 bridgehead atoms. The monoisotopic (exact) mass is 195 g/mol. The van der Waals surface area contributed by atoms with E-state index in [9.17, 15) is 9.18 Å². The van der Waals surface area contributed by atoms with Crippen LogP contribution < -0.4 is 5.32 Å². The predicted octanol–water partition coefficient (Wildman–Crippen LogP) is 2.63. The van der Waals surface area contributed by atoms with Crippen molar-refractivity contribution in [1.82, 2.24) is 0 Å². The van der Waals surface area contributed by atoms with Crippen LogP contribution in [-0.4, -0.2) is 11.2 Å². The molecule has 11 heavy (non-hydrogen) atoms. The van der Waals surface area contributed by atoms with Crippen molar-refractivity contribution in [2.75, 3.05) is 5.32 Å². The lowest BCUT2D eigenvalue weighted by molar-refractivity contribution is 0.209. The van der Waals surface area contributed by atoms with Crippen molar-refractivity contribution < 1.29 is 14.3 Å².